The highest BCUT2D eigenvalue weighted by Gasteiger charge is 2.13. The summed E-state index contributed by atoms with van der Waals surface area (Å²) in [5.74, 6) is 0.528. The molecule has 1 atom stereocenters. The molecule has 4 nitrogen and oxygen atoms in total. The minimum Gasteiger partial charge on any atom is -0.480 e. The molecule has 0 radical (unpaired) electrons. The molecule has 6 heteroatoms. The highest BCUT2D eigenvalue weighted by Crippen LogP contribution is 2.18. The van der Waals surface area contributed by atoms with Crippen LogP contribution < -0.4 is 0 Å². The Bertz CT molecular complexity index is 340. The minimum atomic E-state index is -0.810. The monoisotopic (exact) mass is 234 g/mol. The first-order chi connectivity index (χ1) is 6.52. The average molecular weight is 235 g/mol. The van der Waals surface area contributed by atoms with Gasteiger partial charge in [-0.25, -0.2) is 4.98 Å². The second-order valence-corrected chi connectivity index (χ2v) is 4.56. The Kier molecular flexibility index (Phi) is 3.83. The van der Waals surface area contributed by atoms with Gasteiger partial charge in [-0.2, -0.15) is 0 Å². The second-order valence-electron chi connectivity index (χ2n) is 2.85. The molecule has 0 fully saturated rings. The maximum Gasteiger partial charge on any atom is 0.316 e. The van der Waals surface area contributed by atoms with E-state index in [4.69, 9.17) is 16.7 Å². The van der Waals surface area contributed by atoms with Crippen molar-refractivity contribution in [3.63, 3.8) is 0 Å². The number of hydrogen-bond donors (Lipinski definition) is 1. The number of thioether (sulfide) groups is 1. The van der Waals surface area contributed by atoms with Gasteiger partial charge in [0.15, 0.2) is 0 Å². The molecule has 1 heterocycles. The zero-order chi connectivity index (χ0) is 10.7. The van der Waals surface area contributed by atoms with Crippen LogP contribution in [0.25, 0.3) is 0 Å². The van der Waals surface area contributed by atoms with Gasteiger partial charge in [-0.1, -0.05) is 11.6 Å². The van der Waals surface area contributed by atoms with Gasteiger partial charge in [0.1, 0.15) is 11.0 Å². The van der Waals surface area contributed by atoms with Gasteiger partial charge in [-0.05, 0) is 6.92 Å². The van der Waals surface area contributed by atoms with E-state index in [0.717, 1.165) is 5.82 Å². The van der Waals surface area contributed by atoms with Crippen LogP contribution in [0.15, 0.2) is 6.20 Å². The van der Waals surface area contributed by atoms with Crippen LogP contribution in [0.5, 0.6) is 0 Å². The molecule has 0 bridgehead atoms. The molecule has 1 unspecified atom stereocenters. The Hall–Kier alpha value is -0.680. The lowest BCUT2D eigenvalue weighted by Gasteiger charge is -2.05. The summed E-state index contributed by atoms with van der Waals surface area (Å²) < 4.78 is 1.74. The fourth-order valence-electron chi connectivity index (χ4n) is 0.829. The molecule has 1 aromatic heterocycles. The summed E-state index contributed by atoms with van der Waals surface area (Å²) in [4.78, 5) is 14.6. The predicted octanol–water partition coefficient (Wildman–Crippen LogP) is 1.78. The van der Waals surface area contributed by atoms with Crippen molar-refractivity contribution in [2.45, 2.75) is 17.9 Å². The first kappa shape index (κ1) is 11.4. The third-order valence-electron chi connectivity index (χ3n) is 1.84. The van der Waals surface area contributed by atoms with Crippen molar-refractivity contribution in [1.82, 2.24) is 9.55 Å². The number of aromatic nitrogens is 2. The molecule has 14 heavy (non-hydrogen) atoms. The predicted molar refractivity (Wildman–Crippen MR) is 56.6 cm³/mol. The molecule has 0 aliphatic rings. The first-order valence-corrected chi connectivity index (χ1v) is 5.45. The lowest BCUT2D eigenvalue weighted by atomic mass is 10.5. The summed E-state index contributed by atoms with van der Waals surface area (Å²) in [6.45, 7) is 1.65. The molecule has 0 spiro atoms. The van der Waals surface area contributed by atoms with Crippen molar-refractivity contribution in [3.05, 3.63) is 17.2 Å². The van der Waals surface area contributed by atoms with E-state index in [1.807, 2.05) is 0 Å². The van der Waals surface area contributed by atoms with Crippen molar-refractivity contribution in [2.24, 2.45) is 7.05 Å². The number of carboxylic acids is 1. The molecule has 0 saturated carbocycles. The van der Waals surface area contributed by atoms with E-state index < -0.39 is 11.2 Å². The highest BCUT2D eigenvalue weighted by atomic mass is 35.5. The maximum atomic E-state index is 10.5. The van der Waals surface area contributed by atoms with Crippen LogP contribution in [0, 0.1) is 0 Å². The smallest absolute Gasteiger partial charge is 0.316 e. The standard InChI is InChI=1S/C8H11ClN2O2S/c1-5(8(12)13)14-4-7-10-3-6(9)11(7)2/h3,5H,4H2,1-2H3,(H,12,13). The molecule has 0 saturated heterocycles. The first-order valence-electron chi connectivity index (χ1n) is 4.03. The van der Waals surface area contributed by atoms with Crippen molar-refractivity contribution in [1.29, 1.82) is 0 Å². The number of carbonyl (C=O) groups is 1. The average Bonchev–Trinajstić information content (AvgIpc) is 2.44. The summed E-state index contributed by atoms with van der Waals surface area (Å²) in [5, 5.41) is 8.79. The van der Waals surface area contributed by atoms with Crippen LogP contribution in [0.4, 0.5) is 0 Å². The fourth-order valence-corrected chi connectivity index (χ4v) is 1.79. The number of nitrogens with zero attached hydrogens (tertiary/aromatic N) is 2. The molecular weight excluding hydrogens is 224 g/mol. The summed E-state index contributed by atoms with van der Waals surface area (Å²) in [7, 11) is 1.80. The fraction of sp³-hybridized carbons (Fsp3) is 0.500. The Labute approximate surface area is 91.3 Å². The van der Waals surface area contributed by atoms with Gasteiger partial charge in [0.25, 0.3) is 0 Å². The summed E-state index contributed by atoms with van der Waals surface area (Å²) in [5.41, 5.74) is 0. The van der Waals surface area contributed by atoms with E-state index in [1.54, 1.807) is 24.7 Å². The van der Waals surface area contributed by atoms with Gasteiger partial charge in [0.05, 0.1) is 17.2 Å². The zero-order valence-electron chi connectivity index (χ0n) is 7.90. The van der Waals surface area contributed by atoms with Crippen LogP contribution in [-0.2, 0) is 17.6 Å². The van der Waals surface area contributed by atoms with Gasteiger partial charge in [-0.15, -0.1) is 11.8 Å². The SMILES string of the molecule is CC(SCc1ncc(Cl)n1C)C(=O)O. The third-order valence-corrected chi connectivity index (χ3v) is 3.32. The Balaban J connectivity index is 2.54. The molecule has 0 aliphatic carbocycles. The van der Waals surface area contributed by atoms with Crippen LogP contribution in [0.1, 0.15) is 12.7 Å². The van der Waals surface area contributed by atoms with Gasteiger partial charge in [-0.3, -0.25) is 4.79 Å². The van der Waals surface area contributed by atoms with E-state index in [1.165, 1.54) is 11.8 Å². The number of halogens is 1. The number of hydrogen-bond acceptors (Lipinski definition) is 3. The second kappa shape index (κ2) is 4.70. The van der Waals surface area contributed by atoms with E-state index in [2.05, 4.69) is 4.98 Å². The Morgan fingerprint density at radius 3 is 2.93 bits per heavy atom. The number of imidazole rings is 1. The maximum absolute atomic E-state index is 10.5. The largest absolute Gasteiger partial charge is 0.480 e. The summed E-state index contributed by atoms with van der Waals surface area (Å²) in [6.07, 6.45) is 1.56. The molecular formula is C8H11ClN2O2S. The topological polar surface area (TPSA) is 55.1 Å². The molecule has 1 aromatic rings. The number of rotatable bonds is 4. The van der Waals surface area contributed by atoms with E-state index in [0.29, 0.717) is 10.9 Å². The Morgan fingerprint density at radius 1 is 1.86 bits per heavy atom. The minimum absolute atomic E-state index is 0.425. The quantitative estimate of drug-likeness (QED) is 0.863. The third kappa shape index (κ3) is 2.65. The normalized spacial score (nSPS) is 12.8. The van der Waals surface area contributed by atoms with Gasteiger partial charge >= 0.3 is 5.97 Å². The molecule has 0 aliphatic heterocycles. The molecule has 0 amide bonds. The molecule has 0 aromatic carbocycles. The number of carboxylic acid groups (broad SMARTS) is 1. The van der Waals surface area contributed by atoms with Crippen molar-refractivity contribution < 1.29 is 9.90 Å². The lowest BCUT2D eigenvalue weighted by Crippen LogP contribution is -2.12. The molecule has 1 N–H and O–H groups in total. The van der Waals surface area contributed by atoms with Crippen LogP contribution in [0.2, 0.25) is 5.15 Å². The summed E-state index contributed by atoms with van der Waals surface area (Å²) in [6, 6.07) is 0. The highest BCUT2D eigenvalue weighted by molar-refractivity contribution is 7.99. The van der Waals surface area contributed by atoms with E-state index in [-0.39, 0.29) is 0 Å². The summed E-state index contributed by atoms with van der Waals surface area (Å²) >= 11 is 7.11. The van der Waals surface area contributed by atoms with Crippen LogP contribution in [-0.4, -0.2) is 25.9 Å². The molecule has 1 rings (SSSR count). The zero-order valence-corrected chi connectivity index (χ0v) is 9.47. The Morgan fingerprint density at radius 2 is 2.50 bits per heavy atom. The van der Waals surface area contributed by atoms with Crippen molar-refractivity contribution >= 4 is 29.3 Å². The van der Waals surface area contributed by atoms with Crippen molar-refractivity contribution in [2.75, 3.05) is 0 Å². The van der Waals surface area contributed by atoms with Crippen molar-refractivity contribution in [3.8, 4) is 0 Å². The number of aliphatic carboxylic acids is 1. The van der Waals surface area contributed by atoms with Gasteiger partial charge in [0.2, 0.25) is 0 Å². The van der Waals surface area contributed by atoms with Crippen LogP contribution in [0.3, 0.4) is 0 Å². The lowest BCUT2D eigenvalue weighted by molar-refractivity contribution is -0.136. The molecule has 78 valence electrons. The van der Waals surface area contributed by atoms with Gasteiger partial charge < -0.3 is 9.67 Å². The van der Waals surface area contributed by atoms with Crippen LogP contribution >= 0.6 is 23.4 Å². The van der Waals surface area contributed by atoms with E-state index in [9.17, 15) is 4.79 Å². The van der Waals surface area contributed by atoms with E-state index >= 15 is 0 Å². The van der Waals surface area contributed by atoms with Gasteiger partial charge in [0, 0.05) is 7.05 Å².